The summed E-state index contributed by atoms with van der Waals surface area (Å²) in [5, 5.41) is 8.89. The van der Waals surface area contributed by atoms with Crippen molar-refractivity contribution in [3.05, 3.63) is 34.9 Å². The number of nitrogens with zero attached hydrogens (tertiary/aromatic N) is 2. The van der Waals surface area contributed by atoms with Crippen molar-refractivity contribution in [2.75, 3.05) is 7.05 Å². The van der Waals surface area contributed by atoms with Crippen LogP contribution in [0.5, 0.6) is 0 Å². The molecule has 1 unspecified atom stereocenters. The quantitative estimate of drug-likeness (QED) is 0.712. The fraction of sp³-hybridized carbons (Fsp3) is 0.200. The van der Waals surface area contributed by atoms with Crippen molar-refractivity contribution >= 4 is 23.3 Å². The predicted molar refractivity (Wildman–Crippen MR) is 58.0 cm³/mol. The Labute approximate surface area is 87.7 Å². The third-order valence-electron chi connectivity index (χ3n) is 2.32. The van der Waals surface area contributed by atoms with Crippen LogP contribution in [0.2, 0.25) is 5.02 Å². The molecule has 1 atom stereocenters. The van der Waals surface area contributed by atoms with E-state index in [-0.39, 0.29) is 0 Å². The fourth-order valence-corrected chi connectivity index (χ4v) is 1.45. The molecule has 72 valence electrons. The van der Waals surface area contributed by atoms with Gasteiger partial charge in [0.2, 0.25) is 5.84 Å². The lowest BCUT2D eigenvalue weighted by Crippen LogP contribution is -3.12. The minimum Gasteiger partial charge on any atom is -0.241 e. The minimum absolute atomic E-state index is 0.739. The van der Waals surface area contributed by atoms with Crippen LogP contribution in [0.15, 0.2) is 34.5 Å². The molecule has 1 aliphatic rings. The smallest absolute Gasteiger partial charge is 0.241 e. The average molecular weight is 209 g/mol. The Balaban J connectivity index is 2.31. The van der Waals surface area contributed by atoms with Gasteiger partial charge in [-0.3, -0.25) is 0 Å². The van der Waals surface area contributed by atoms with Crippen molar-refractivity contribution in [3.63, 3.8) is 0 Å². The van der Waals surface area contributed by atoms with Gasteiger partial charge in [-0.05, 0) is 24.3 Å². The fourth-order valence-electron chi connectivity index (χ4n) is 1.33. The van der Waals surface area contributed by atoms with E-state index < -0.39 is 0 Å². The summed E-state index contributed by atoms with van der Waals surface area (Å²) in [4.78, 5) is 1.13. The first kappa shape index (κ1) is 9.37. The van der Waals surface area contributed by atoms with Crippen LogP contribution < -0.4 is 4.90 Å². The standard InChI is InChI=1S/C10H10ClN3/c1-7-12-13-10(14(7)2)8-3-5-9(11)6-4-8/h3-6H,1-2H3/p+1. The van der Waals surface area contributed by atoms with Crippen LogP contribution in [-0.4, -0.2) is 18.7 Å². The molecule has 0 aliphatic carbocycles. The molecule has 0 radical (unpaired) electrons. The van der Waals surface area contributed by atoms with E-state index in [1.54, 1.807) is 0 Å². The third kappa shape index (κ3) is 1.56. The zero-order valence-corrected chi connectivity index (χ0v) is 8.84. The molecule has 1 aromatic carbocycles. The molecule has 14 heavy (non-hydrogen) atoms. The Morgan fingerprint density at radius 3 is 2.29 bits per heavy atom. The summed E-state index contributed by atoms with van der Waals surface area (Å²) < 4.78 is 0. The van der Waals surface area contributed by atoms with Crippen LogP contribution in [0.25, 0.3) is 0 Å². The van der Waals surface area contributed by atoms with Gasteiger partial charge < -0.3 is 0 Å². The van der Waals surface area contributed by atoms with E-state index in [0.29, 0.717) is 0 Å². The van der Waals surface area contributed by atoms with Crippen LogP contribution in [0.1, 0.15) is 12.5 Å². The third-order valence-corrected chi connectivity index (χ3v) is 2.57. The molecular formula is C10H11ClN3+. The van der Waals surface area contributed by atoms with Gasteiger partial charge in [-0.25, -0.2) is 4.90 Å². The summed E-state index contributed by atoms with van der Waals surface area (Å²) in [6.07, 6.45) is 0. The minimum atomic E-state index is 0.739. The van der Waals surface area contributed by atoms with Gasteiger partial charge in [0.05, 0.1) is 12.6 Å². The Kier molecular flexibility index (Phi) is 2.35. The van der Waals surface area contributed by atoms with Gasteiger partial charge in [0, 0.05) is 11.9 Å². The van der Waals surface area contributed by atoms with E-state index >= 15 is 0 Å². The molecule has 0 fully saturated rings. The van der Waals surface area contributed by atoms with Crippen LogP contribution in [0.4, 0.5) is 0 Å². The number of hydrogen-bond donors (Lipinski definition) is 1. The molecule has 0 aromatic heterocycles. The molecule has 3 nitrogen and oxygen atoms in total. The summed E-state index contributed by atoms with van der Waals surface area (Å²) in [5.41, 5.74) is 1.06. The van der Waals surface area contributed by atoms with Gasteiger partial charge in [-0.1, -0.05) is 21.8 Å². The highest BCUT2D eigenvalue weighted by Gasteiger charge is 2.23. The number of amidine groups is 2. The molecule has 1 aromatic rings. The van der Waals surface area contributed by atoms with Gasteiger partial charge in [0.1, 0.15) is 0 Å². The van der Waals surface area contributed by atoms with Crippen LogP contribution >= 0.6 is 11.6 Å². The second-order valence-electron chi connectivity index (χ2n) is 3.27. The van der Waals surface area contributed by atoms with Crippen LogP contribution in [-0.2, 0) is 0 Å². The molecule has 0 bridgehead atoms. The molecule has 1 N–H and O–H groups in total. The first-order valence-corrected chi connectivity index (χ1v) is 4.79. The topological polar surface area (TPSA) is 29.2 Å². The van der Waals surface area contributed by atoms with Gasteiger partial charge >= 0.3 is 0 Å². The Morgan fingerprint density at radius 2 is 1.79 bits per heavy atom. The lowest BCUT2D eigenvalue weighted by atomic mass is 10.2. The molecule has 0 spiro atoms. The summed E-state index contributed by atoms with van der Waals surface area (Å²) >= 11 is 5.81. The Bertz CT molecular complexity index is 406. The summed E-state index contributed by atoms with van der Waals surface area (Å²) in [6.45, 7) is 1.96. The summed E-state index contributed by atoms with van der Waals surface area (Å²) in [7, 11) is 2.03. The lowest BCUT2D eigenvalue weighted by Gasteiger charge is -2.07. The number of rotatable bonds is 1. The number of quaternary nitrogens is 1. The maximum absolute atomic E-state index is 5.81. The van der Waals surface area contributed by atoms with Crippen molar-refractivity contribution in [1.82, 2.24) is 0 Å². The molecule has 0 saturated heterocycles. The second kappa shape index (κ2) is 3.52. The molecule has 2 rings (SSSR count). The second-order valence-corrected chi connectivity index (χ2v) is 3.70. The molecule has 1 heterocycles. The molecular weight excluding hydrogens is 198 g/mol. The van der Waals surface area contributed by atoms with E-state index in [1.165, 1.54) is 0 Å². The highest BCUT2D eigenvalue weighted by atomic mass is 35.5. The number of nitrogens with one attached hydrogen (secondary N) is 1. The summed E-state index contributed by atoms with van der Waals surface area (Å²) in [5.74, 6) is 1.93. The lowest BCUT2D eigenvalue weighted by molar-refractivity contribution is -0.671. The predicted octanol–water partition coefficient (Wildman–Crippen LogP) is 0.948. The van der Waals surface area contributed by atoms with Crippen molar-refractivity contribution in [1.29, 1.82) is 0 Å². The molecule has 1 aliphatic heterocycles. The number of halogens is 1. The average Bonchev–Trinajstić information content (AvgIpc) is 2.50. The summed E-state index contributed by atoms with van der Waals surface area (Å²) in [6, 6.07) is 7.64. The monoisotopic (exact) mass is 208 g/mol. The number of benzene rings is 1. The SMILES string of the molecule is CC1=NN=C(c2ccc(Cl)cc2)[NH+]1C. The highest BCUT2D eigenvalue weighted by molar-refractivity contribution is 6.30. The van der Waals surface area contributed by atoms with Crippen molar-refractivity contribution in [2.45, 2.75) is 6.92 Å². The van der Waals surface area contributed by atoms with E-state index in [0.717, 1.165) is 27.2 Å². The van der Waals surface area contributed by atoms with Crippen molar-refractivity contribution < 1.29 is 4.90 Å². The van der Waals surface area contributed by atoms with E-state index in [4.69, 9.17) is 11.6 Å². The molecule has 0 saturated carbocycles. The largest absolute Gasteiger partial charge is 0.258 e. The first-order chi connectivity index (χ1) is 6.68. The maximum Gasteiger partial charge on any atom is 0.258 e. The van der Waals surface area contributed by atoms with E-state index in [9.17, 15) is 0 Å². The van der Waals surface area contributed by atoms with Gasteiger partial charge in [0.25, 0.3) is 5.84 Å². The van der Waals surface area contributed by atoms with Gasteiger partial charge in [0.15, 0.2) is 0 Å². The zero-order valence-electron chi connectivity index (χ0n) is 8.08. The molecule has 4 heteroatoms. The van der Waals surface area contributed by atoms with E-state index in [1.807, 2.05) is 38.2 Å². The zero-order chi connectivity index (χ0) is 10.1. The highest BCUT2D eigenvalue weighted by Crippen LogP contribution is 2.09. The van der Waals surface area contributed by atoms with Crippen molar-refractivity contribution in [2.24, 2.45) is 10.2 Å². The Hall–Kier alpha value is -1.19. The Morgan fingerprint density at radius 1 is 1.14 bits per heavy atom. The van der Waals surface area contributed by atoms with Crippen LogP contribution in [0, 0.1) is 0 Å². The maximum atomic E-state index is 5.81. The van der Waals surface area contributed by atoms with Gasteiger partial charge in [-0.2, -0.15) is 0 Å². The van der Waals surface area contributed by atoms with Crippen LogP contribution in [0.3, 0.4) is 0 Å². The van der Waals surface area contributed by atoms with Gasteiger partial charge in [-0.15, -0.1) is 0 Å². The first-order valence-electron chi connectivity index (χ1n) is 4.41. The molecule has 0 amide bonds. The van der Waals surface area contributed by atoms with E-state index in [2.05, 4.69) is 10.2 Å². The number of hydrogen-bond acceptors (Lipinski definition) is 2. The van der Waals surface area contributed by atoms with Crippen molar-refractivity contribution in [3.8, 4) is 0 Å². The normalized spacial score (nSPS) is 20.6.